The van der Waals surface area contributed by atoms with Crippen LogP contribution < -0.4 is 4.74 Å². The number of hydrogen-bond acceptors (Lipinski definition) is 6. The molecule has 6 nitrogen and oxygen atoms in total. The summed E-state index contributed by atoms with van der Waals surface area (Å²) in [5.74, 6) is 0.530. The largest absolute Gasteiger partial charge is 0.497 e. The molecule has 1 fully saturated rings. The van der Waals surface area contributed by atoms with Crippen LogP contribution in [-0.4, -0.2) is 59.6 Å². The smallest absolute Gasteiger partial charge is 0.198 e. The molecule has 1 aromatic heterocycles. The number of carbonyl (C=O) groups is 2. The molecule has 34 heavy (non-hydrogen) atoms. The third kappa shape index (κ3) is 3.63. The highest BCUT2D eigenvalue weighted by molar-refractivity contribution is 6.32. The molecule has 0 atom stereocenters. The lowest BCUT2D eigenvalue weighted by molar-refractivity contribution is 0.0266. The number of methoxy groups -OCH3 is 1. The predicted molar refractivity (Wildman–Crippen MR) is 130 cm³/mol. The molecule has 0 N–H and O–H groups in total. The number of benzene rings is 2. The SMILES string of the molecule is CCc1cccc(C2(N3CCN(Cc4cccc(OC)c4)CC3)C(=O)c3ccccc3C2=O)n1. The van der Waals surface area contributed by atoms with E-state index in [2.05, 4.69) is 21.9 Å². The first-order valence-corrected chi connectivity index (χ1v) is 11.8. The van der Waals surface area contributed by atoms with Gasteiger partial charge in [0, 0.05) is 49.5 Å². The first kappa shape index (κ1) is 22.4. The molecule has 1 aliphatic carbocycles. The first-order valence-electron chi connectivity index (χ1n) is 11.8. The average Bonchev–Trinajstić information content (AvgIpc) is 3.12. The van der Waals surface area contributed by atoms with Gasteiger partial charge in [0.25, 0.3) is 0 Å². The zero-order valence-corrected chi connectivity index (χ0v) is 19.7. The van der Waals surface area contributed by atoms with Crippen molar-refractivity contribution in [2.24, 2.45) is 0 Å². The van der Waals surface area contributed by atoms with Crippen LogP contribution in [0.3, 0.4) is 0 Å². The van der Waals surface area contributed by atoms with Crippen molar-refractivity contribution in [1.29, 1.82) is 0 Å². The van der Waals surface area contributed by atoms with Crippen LogP contribution in [-0.2, 0) is 18.5 Å². The molecular formula is C28H29N3O3. The van der Waals surface area contributed by atoms with Gasteiger partial charge in [-0.1, -0.05) is 49.4 Å². The molecule has 2 aliphatic rings. The highest BCUT2D eigenvalue weighted by atomic mass is 16.5. The monoisotopic (exact) mass is 455 g/mol. The predicted octanol–water partition coefficient (Wildman–Crippen LogP) is 3.74. The van der Waals surface area contributed by atoms with Gasteiger partial charge in [0.1, 0.15) is 5.75 Å². The van der Waals surface area contributed by atoms with Crippen molar-refractivity contribution >= 4 is 11.6 Å². The molecule has 3 aromatic rings. The quantitative estimate of drug-likeness (QED) is 0.528. The highest BCUT2D eigenvalue weighted by Gasteiger charge is 2.59. The summed E-state index contributed by atoms with van der Waals surface area (Å²) < 4.78 is 5.36. The molecule has 0 unspecified atom stereocenters. The number of carbonyl (C=O) groups excluding carboxylic acids is 2. The van der Waals surface area contributed by atoms with E-state index in [1.807, 2.05) is 49.4 Å². The van der Waals surface area contributed by atoms with Gasteiger partial charge in [-0.15, -0.1) is 0 Å². The van der Waals surface area contributed by atoms with Crippen molar-refractivity contribution < 1.29 is 14.3 Å². The third-order valence-corrected chi connectivity index (χ3v) is 7.00. The fraction of sp³-hybridized carbons (Fsp3) is 0.321. The van der Waals surface area contributed by atoms with Gasteiger partial charge in [0.15, 0.2) is 17.1 Å². The Balaban J connectivity index is 1.46. The Kier molecular flexibility index (Phi) is 6.02. The summed E-state index contributed by atoms with van der Waals surface area (Å²) in [5.41, 5.74) is 2.20. The van der Waals surface area contributed by atoms with E-state index in [1.54, 1.807) is 19.2 Å². The Morgan fingerprint density at radius 3 is 2.21 bits per heavy atom. The molecule has 6 heteroatoms. The van der Waals surface area contributed by atoms with Crippen molar-refractivity contribution in [1.82, 2.24) is 14.8 Å². The Labute approximate surface area is 200 Å². The topological polar surface area (TPSA) is 62.7 Å². The van der Waals surface area contributed by atoms with E-state index >= 15 is 0 Å². The van der Waals surface area contributed by atoms with Crippen LogP contribution in [0.4, 0.5) is 0 Å². The van der Waals surface area contributed by atoms with E-state index in [1.165, 1.54) is 5.56 Å². The number of nitrogens with zero attached hydrogens (tertiary/aromatic N) is 3. The van der Waals surface area contributed by atoms with Crippen molar-refractivity contribution in [3.05, 3.63) is 94.8 Å². The summed E-state index contributed by atoms with van der Waals surface area (Å²) in [7, 11) is 1.67. The lowest BCUT2D eigenvalue weighted by Gasteiger charge is -2.43. The zero-order valence-electron chi connectivity index (χ0n) is 19.7. The lowest BCUT2D eigenvalue weighted by Crippen LogP contribution is -2.60. The highest BCUT2D eigenvalue weighted by Crippen LogP contribution is 2.42. The summed E-state index contributed by atoms with van der Waals surface area (Å²) in [6.07, 6.45) is 0.744. The summed E-state index contributed by atoms with van der Waals surface area (Å²) in [6, 6.07) is 20.9. The number of hydrogen-bond donors (Lipinski definition) is 0. The number of aryl methyl sites for hydroxylation is 1. The van der Waals surface area contributed by atoms with E-state index in [9.17, 15) is 9.59 Å². The minimum atomic E-state index is -1.39. The second kappa shape index (κ2) is 9.12. The van der Waals surface area contributed by atoms with Gasteiger partial charge in [-0.3, -0.25) is 24.4 Å². The Hall–Kier alpha value is -3.35. The first-order chi connectivity index (χ1) is 16.6. The van der Waals surface area contributed by atoms with Crippen molar-refractivity contribution in [2.75, 3.05) is 33.3 Å². The fourth-order valence-corrected chi connectivity index (χ4v) is 5.20. The molecule has 0 radical (unpaired) electrons. The van der Waals surface area contributed by atoms with Gasteiger partial charge >= 0.3 is 0 Å². The van der Waals surface area contributed by atoms with Crippen LogP contribution in [0, 0.1) is 0 Å². The standard InChI is InChI=1S/C28H29N3O3/c1-3-21-9-7-13-25(29-21)28(26(32)23-11-4-5-12-24(23)27(28)33)31-16-14-30(15-17-31)19-20-8-6-10-22(18-20)34-2/h4-13,18H,3,14-17,19H2,1-2H3. The number of Topliss-reactive ketones (excluding diaryl/α,β-unsaturated/α-hetero) is 2. The van der Waals surface area contributed by atoms with Crippen LogP contribution in [0.25, 0.3) is 0 Å². The molecule has 2 heterocycles. The van der Waals surface area contributed by atoms with Crippen molar-refractivity contribution in [3.8, 4) is 5.75 Å². The maximum atomic E-state index is 13.9. The Morgan fingerprint density at radius 2 is 1.56 bits per heavy atom. The number of aromatic nitrogens is 1. The zero-order chi connectivity index (χ0) is 23.7. The summed E-state index contributed by atoms with van der Waals surface area (Å²) in [4.78, 5) is 37.1. The molecule has 2 aromatic carbocycles. The van der Waals surface area contributed by atoms with Crippen molar-refractivity contribution in [3.63, 3.8) is 0 Å². The van der Waals surface area contributed by atoms with Gasteiger partial charge in [-0.05, 0) is 36.2 Å². The molecule has 0 spiro atoms. The van der Waals surface area contributed by atoms with Gasteiger partial charge in [-0.2, -0.15) is 0 Å². The summed E-state index contributed by atoms with van der Waals surface area (Å²) >= 11 is 0. The third-order valence-electron chi connectivity index (χ3n) is 7.00. The molecule has 1 aliphatic heterocycles. The molecule has 5 rings (SSSR count). The van der Waals surface area contributed by atoms with Gasteiger partial charge in [-0.25, -0.2) is 0 Å². The number of rotatable bonds is 6. The molecular weight excluding hydrogens is 426 g/mol. The summed E-state index contributed by atoms with van der Waals surface area (Å²) in [6.45, 7) is 5.54. The van der Waals surface area contributed by atoms with E-state index in [4.69, 9.17) is 9.72 Å². The number of pyridine rings is 1. The van der Waals surface area contributed by atoms with Crippen LogP contribution in [0.5, 0.6) is 5.75 Å². The lowest BCUT2D eigenvalue weighted by atomic mass is 9.85. The maximum Gasteiger partial charge on any atom is 0.198 e. The van der Waals surface area contributed by atoms with Crippen LogP contribution >= 0.6 is 0 Å². The van der Waals surface area contributed by atoms with Crippen LogP contribution in [0.2, 0.25) is 0 Å². The number of ketones is 2. The molecule has 0 saturated carbocycles. The van der Waals surface area contributed by atoms with Gasteiger partial charge in [0.05, 0.1) is 12.8 Å². The molecule has 1 saturated heterocycles. The average molecular weight is 456 g/mol. The molecule has 0 bridgehead atoms. The minimum absolute atomic E-state index is 0.157. The van der Waals surface area contributed by atoms with E-state index in [-0.39, 0.29) is 11.6 Å². The van der Waals surface area contributed by atoms with Gasteiger partial charge < -0.3 is 4.74 Å². The van der Waals surface area contributed by atoms with Gasteiger partial charge in [0.2, 0.25) is 0 Å². The maximum absolute atomic E-state index is 13.9. The van der Waals surface area contributed by atoms with Crippen LogP contribution in [0.15, 0.2) is 66.7 Å². The number of ether oxygens (including phenoxy) is 1. The van der Waals surface area contributed by atoms with E-state index < -0.39 is 5.54 Å². The van der Waals surface area contributed by atoms with Crippen LogP contribution in [0.1, 0.15) is 44.6 Å². The fourth-order valence-electron chi connectivity index (χ4n) is 5.20. The molecule has 174 valence electrons. The summed E-state index contributed by atoms with van der Waals surface area (Å²) in [5, 5.41) is 0. The second-order valence-electron chi connectivity index (χ2n) is 8.90. The molecule has 0 amide bonds. The second-order valence-corrected chi connectivity index (χ2v) is 8.90. The number of fused-ring (bicyclic) bond motifs is 1. The van der Waals surface area contributed by atoms with E-state index in [0.717, 1.165) is 37.5 Å². The van der Waals surface area contributed by atoms with Crippen molar-refractivity contribution in [2.45, 2.75) is 25.4 Å². The number of piperazine rings is 1. The Bertz CT molecular complexity index is 1200. The minimum Gasteiger partial charge on any atom is -0.497 e. The Morgan fingerprint density at radius 1 is 0.882 bits per heavy atom. The van der Waals surface area contributed by atoms with E-state index in [0.29, 0.717) is 29.9 Å². The normalized spacial score (nSPS) is 18.2.